The average Bonchev–Trinajstić information content (AvgIpc) is 2.39. The summed E-state index contributed by atoms with van der Waals surface area (Å²) < 4.78 is 5.03. The molecule has 1 aromatic rings. The van der Waals surface area contributed by atoms with Crippen LogP contribution in [0.15, 0.2) is 35.4 Å². The number of benzene rings is 1. The molecule has 0 atom stereocenters. The first kappa shape index (κ1) is 15.4. The van der Waals surface area contributed by atoms with Crippen LogP contribution in [0.25, 0.3) is 0 Å². The number of methoxy groups -OCH3 is 1. The summed E-state index contributed by atoms with van der Waals surface area (Å²) in [5.41, 5.74) is 2.56. The summed E-state index contributed by atoms with van der Waals surface area (Å²) in [7, 11) is 1.61. The zero-order valence-corrected chi connectivity index (χ0v) is 11.6. The van der Waals surface area contributed by atoms with E-state index >= 15 is 0 Å². The number of ether oxygens (including phenoxy) is 1. The zero-order chi connectivity index (χ0) is 13.4. The van der Waals surface area contributed by atoms with Crippen LogP contribution >= 0.6 is 0 Å². The summed E-state index contributed by atoms with van der Waals surface area (Å²) >= 11 is 0. The largest absolute Gasteiger partial charge is 0.497 e. The second-order valence-electron chi connectivity index (χ2n) is 3.68. The molecule has 0 aromatic heterocycles. The molecular formula is C15H22O2. The van der Waals surface area contributed by atoms with E-state index in [0.29, 0.717) is 5.56 Å². The molecule has 0 bridgehead atoms. The molecule has 0 amide bonds. The minimum atomic E-state index is 0.0812. The van der Waals surface area contributed by atoms with Crippen LogP contribution in [0, 0.1) is 0 Å². The third kappa shape index (κ3) is 4.43. The Labute approximate surface area is 104 Å². The summed E-state index contributed by atoms with van der Waals surface area (Å²) in [6, 6.07) is 7.16. The van der Waals surface area contributed by atoms with Gasteiger partial charge >= 0.3 is 0 Å². The van der Waals surface area contributed by atoms with E-state index in [-0.39, 0.29) is 5.78 Å². The molecule has 1 aromatic carbocycles. The molecule has 1 rings (SSSR count). The molecule has 0 spiro atoms. The van der Waals surface area contributed by atoms with E-state index < -0.39 is 0 Å². The lowest BCUT2D eigenvalue weighted by molar-refractivity contribution is 0.103. The number of ketones is 1. The van der Waals surface area contributed by atoms with Crippen LogP contribution in [-0.2, 0) is 0 Å². The molecule has 0 aliphatic heterocycles. The summed E-state index contributed by atoms with van der Waals surface area (Å²) in [6.45, 7) is 9.73. The van der Waals surface area contributed by atoms with E-state index in [1.807, 2.05) is 34.6 Å². The van der Waals surface area contributed by atoms with Crippen molar-refractivity contribution in [2.24, 2.45) is 0 Å². The Hall–Kier alpha value is -1.57. The first-order valence-corrected chi connectivity index (χ1v) is 5.89. The van der Waals surface area contributed by atoms with Crippen LogP contribution in [-0.4, -0.2) is 12.9 Å². The number of carbonyl (C=O) groups excluding carboxylic acids is 1. The van der Waals surface area contributed by atoms with Gasteiger partial charge in [-0.1, -0.05) is 19.4 Å². The van der Waals surface area contributed by atoms with Gasteiger partial charge in [0.1, 0.15) is 5.75 Å². The Kier molecular flexibility index (Phi) is 6.95. The molecular weight excluding hydrogens is 212 g/mol. The number of allylic oxidation sites excluding steroid dienone is 2. The van der Waals surface area contributed by atoms with Crippen molar-refractivity contribution in [3.63, 3.8) is 0 Å². The molecule has 94 valence electrons. The van der Waals surface area contributed by atoms with Crippen LogP contribution in [0.3, 0.4) is 0 Å². The molecule has 0 fully saturated rings. The zero-order valence-electron chi connectivity index (χ0n) is 11.6. The summed E-state index contributed by atoms with van der Waals surface area (Å²) in [5.74, 6) is 0.846. The Morgan fingerprint density at radius 2 is 1.47 bits per heavy atom. The van der Waals surface area contributed by atoms with Crippen molar-refractivity contribution in [2.45, 2.75) is 34.6 Å². The highest BCUT2D eigenvalue weighted by molar-refractivity contribution is 6.08. The van der Waals surface area contributed by atoms with Gasteiger partial charge in [0, 0.05) is 5.56 Å². The van der Waals surface area contributed by atoms with Gasteiger partial charge in [0.2, 0.25) is 0 Å². The van der Waals surface area contributed by atoms with Gasteiger partial charge in [-0.2, -0.15) is 0 Å². The summed E-state index contributed by atoms with van der Waals surface area (Å²) in [6.07, 6.45) is 0. The van der Waals surface area contributed by atoms with E-state index in [0.717, 1.165) is 16.9 Å². The highest BCUT2D eigenvalue weighted by Gasteiger charge is 2.08. The number of hydrogen-bond acceptors (Lipinski definition) is 2. The SMILES string of the molecule is CC.COc1ccc(C(=O)C(C)=C(C)C)cc1. The predicted octanol–water partition coefficient (Wildman–Crippen LogP) is 4.26. The van der Waals surface area contributed by atoms with Crippen LogP contribution < -0.4 is 4.74 Å². The molecule has 0 aliphatic rings. The molecule has 0 heterocycles. The minimum absolute atomic E-state index is 0.0812. The lowest BCUT2D eigenvalue weighted by Crippen LogP contribution is -2.01. The van der Waals surface area contributed by atoms with Gasteiger partial charge in [0.15, 0.2) is 5.78 Å². The molecule has 0 unspecified atom stereocenters. The van der Waals surface area contributed by atoms with Crippen LogP contribution in [0.1, 0.15) is 45.0 Å². The smallest absolute Gasteiger partial charge is 0.188 e. The number of rotatable bonds is 3. The fourth-order valence-corrected chi connectivity index (χ4v) is 1.19. The van der Waals surface area contributed by atoms with E-state index in [1.54, 1.807) is 31.4 Å². The van der Waals surface area contributed by atoms with Gasteiger partial charge in [-0.25, -0.2) is 0 Å². The average molecular weight is 234 g/mol. The molecule has 0 radical (unpaired) electrons. The van der Waals surface area contributed by atoms with Crippen molar-refractivity contribution < 1.29 is 9.53 Å². The van der Waals surface area contributed by atoms with Gasteiger partial charge < -0.3 is 4.74 Å². The maximum atomic E-state index is 11.9. The molecule has 17 heavy (non-hydrogen) atoms. The summed E-state index contributed by atoms with van der Waals surface area (Å²) in [5, 5.41) is 0. The quantitative estimate of drug-likeness (QED) is 0.577. The van der Waals surface area contributed by atoms with Crippen molar-refractivity contribution in [2.75, 3.05) is 7.11 Å². The maximum Gasteiger partial charge on any atom is 0.188 e. The van der Waals surface area contributed by atoms with Crippen molar-refractivity contribution in [3.05, 3.63) is 41.0 Å². The Morgan fingerprint density at radius 1 is 1.00 bits per heavy atom. The van der Waals surface area contributed by atoms with Crippen molar-refractivity contribution in [3.8, 4) is 5.75 Å². The standard InChI is InChI=1S/C13H16O2.C2H6/c1-9(2)10(3)13(14)11-5-7-12(15-4)8-6-11;1-2/h5-8H,1-4H3;1-2H3. The van der Waals surface area contributed by atoms with Gasteiger partial charge in [-0.3, -0.25) is 4.79 Å². The first-order valence-electron chi connectivity index (χ1n) is 5.89. The minimum Gasteiger partial charge on any atom is -0.497 e. The molecule has 0 N–H and O–H groups in total. The number of hydrogen-bond donors (Lipinski definition) is 0. The topological polar surface area (TPSA) is 26.3 Å². The molecule has 2 nitrogen and oxygen atoms in total. The molecule has 2 heteroatoms. The Balaban J connectivity index is 0.00000121. The fraction of sp³-hybridized carbons (Fsp3) is 0.400. The highest BCUT2D eigenvalue weighted by Crippen LogP contribution is 2.15. The van der Waals surface area contributed by atoms with Gasteiger partial charge in [-0.05, 0) is 50.6 Å². The van der Waals surface area contributed by atoms with Crippen molar-refractivity contribution in [1.29, 1.82) is 0 Å². The third-order valence-electron chi connectivity index (χ3n) is 2.44. The maximum absolute atomic E-state index is 11.9. The van der Waals surface area contributed by atoms with E-state index in [4.69, 9.17) is 4.74 Å². The lowest BCUT2D eigenvalue weighted by Gasteiger charge is -2.04. The number of carbonyl (C=O) groups is 1. The monoisotopic (exact) mass is 234 g/mol. The number of Topliss-reactive ketones (excluding diaryl/α,β-unsaturated/α-hetero) is 1. The summed E-state index contributed by atoms with van der Waals surface area (Å²) in [4.78, 5) is 11.9. The second kappa shape index (κ2) is 7.66. The normalized spacial score (nSPS) is 8.82. The second-order valence-corrected chi connectivity index (χ2v) is 3.68. The van der Waals surface area contributed by atoms with Crippen molar-refractivity contribution in [1.82, 2.24) is 0 Å². The fourth-order valence-electron chi connectivity index (χ4n) is 1.19. The molecule has 0 aliphatic carbocycles. The van der Waals surface area contributed by atoms with E-state index in [9.17, 15) is 4.79 Å². The van der Waals surface area contributed by atoms with Crippen LogP contribution in [0.2, 0.25) is 0 Å². The molecule has 0 saturated carbocycles. The first-order chi connectivity index (χ1) is 8.06. The Bertz CT molecular complexity index is 382. The highest BCUT2D eigenvalue weighted by atomic mass is 16.5. The predicted molar refractivity (Wildman–Crippen MR) is 72.7 cm³/mol. The van der Waals surface area contributed by atoms with Crippen molar-refractivity contribution >= 4 is 5.78 Å². The molecule has 0 saturated heterocycles. The van der Waals surface area contributed by atoms with Crippen LogP contribution in [0.4, 0.5) is 0 Å². The van der Waals surface area contributed by atoms with E-state index in [1.165, 1.54) is 0 Å². The van der Waals surface area contributed by atoms with Gasteiger partial charge in [-0.15, -0.1) is 0 Å². The van der Waals surface area contributed by atoms with Gasteiger partial charge in [0.25, 0.3) is 0 Å². The van der Waals surface area contributed by atoms with Crippen LogP contribution in [0.5, 0.6) is 5.75 Å². The lowest BCUT2D eigenvalue weighted by atomic mass is 10.0. The van der Waals surface area contributed by atoms with Gasteiger partial charge in [0.05, 0.1) is 7.11 Å². The third-order valence-corrected chi connectivity index (χ3v) is 2.44. The Morgan fingerprint density at radius 3 is 1.82 bits per heavy atom. The van der Waals surface area contributed by atoms with E-state index in [2.05, 4.69) is 0 Å².